The summed E-state index contributed by atoms with van der Waals surface area (Å²) in [5, 5.41) is 3.27. The van der Waals surface area contributed by atoms with Gasteiger partial charge in [-0.3, -0.25) is 10.1 Å². The molecule has 0 saturated heterocycles. The van der Waals surface area contributed by atoms with E-state index in [9.17, 15) is 9.18 Å². The number of amides is 1. The number of nitrogens with one attached hydrogen (secondary N) is 1. The lowest BCUT2D eigenvalue weighted by Gasteiger charge is -2.06. The van der Waals surface area contributed by atoms with Crippen LogP contribution in [0.4, 0.5) is 9.52 Å². The molecule has 0 aliphatic rings. The molecule has 0 radical (unpaired) electrons. The summed E-state index contributed by atoms with van der Waals surface area (Å²) in [6.07, 6.45) is 3.16. The number of benzene rings is 2. The standard InChI is InChI=1S/C21H19FN2O2S/c1-3-26-18-7-5-4-6-15(18)10-13-19(25)23-21-24-20(14(2)27-21)16-8-11-17(22)12-9-16/h4-13H,3H2,1-2H3,(H,23,24,25)/b13-10+. The maximum Gasteiger partial charge on any atom is 0.250 e. The zero-order valence-electron chi connectivity index (χ0n) is 15.0. The number of anilines is 1. The van der Waals surface area contributed by atoms with E-state index in [2.05, 4.69) is 10.3 Å². The smallest absolute Gasteiger partial charge is 0.250 e. The molecule has 1 heterocycles. The predicted molar refractivity (Wildman–Crippen MR) is 108 cm³/mol. The van der Waals surface area contributed by atoms with E-state index in [1.807, 2.05) is 38.1 Å². The first-order valence-corrected chi connectivity index (χ1v) is 9.32. The quantitative estimate of drug-likeness (QED) is 0.588. The molecule has 138 valence electrons. The van der Waals surface area contributed by atoms with Gasteiger partial charge >= 0.3 is 0 Å². The molecule has 0 unspecified atom stereocenters. The number of thiazole rings is 1. The zero-order chi connectivity index (χ0) is 19.2. The number of aromatic nitrogens is 1. The molecule has 0 aliphatic carbocycles. The maximum atomic E-state index is 13.1. The fraction of sp³-hybridized carbons (Fsp3) is 0.143. The first-order valence-electron chi connectivity index (χ1n) is 8.51. The van der Waals surface area contributed by atoms with E-state index in [0.29, 0.717) is 11.7 Å². The fourth-order valence-electron chi connectivity index (χ4n) is 2.54. The van der Waals surface area contributed by atoms with Crippen LogP contribution < -0.4 is 10.1 Å². The summed E-state index contributed by atoms with van der Waals surface area (Å²) < 4.78 is 18.6. The first kappa shape index (κ1) is 18.8. The van der Waals surface area contributed by atoms with Crippen molar-refractivity contribution in [3.8, 4) is 17.0 Å². The third-order valence-corrected chi connectivity index (χ3v) is 4.66. The Balaban J connectivity index is 1.72. The number of hydrogen-bond donors (Lipinski definition) is 1. The molecule has 1 amide bonds. The van der Waals surface area contributed by atoms with E-state index in [1.54, 1.807) is 18.2 Å². The van der Waals surface area contributed by atoms with Crippen LogP contribution in [0.1, 0.15) is 17.4 Å². The lowest BCUT2D eigenvalue weighted by Crippen LogP contribution is -2.07. The summed E-state index contributed by atoms with van der Waals surface area (Å²) >= 11 is 1.38. The van der Waals surface area contributed by atoms with Crippen molar-refractivity contribution < 1.29 is 13.9 Å². The Kier molecular flexibility index (Phi) is 5.98. The van der Waals surface area contributed by atoms with Crippen molar-refractivity contribution in [1.29, 1.82) is 0 Å². The molecule has 0 aliphatic heterocycles. The third-order valence-electron chi connectivity index (χ3n) is 3.78. The largest absolute Gasteiger partial charge is 0.493 e. The first-order chi connectivity index (χ1) is 13.1. The molecule has 6 heteroatoms. The molecule has 0 atom stereocenters. The monoisotopic (exact) mass is 382 g/mol. The van der Waals surface area contributed by atoms with Crippen molar-refractivity contribution in [1.82, 2.24) is 4.98 Å². The minimum absolute atomic E-state index is 0.277. The summed E-state index contributed by atoms with van der Waals surface area (Å²) in [5.41, 5.74) is 2.38. The number of ether oxygens (including phenoxy) is 1. The number of carbonyl (C=O) groups is 1. The topological polar surface area (TPSA) is 51.2 Å². The Morgan fingerprint density at radius 3 is 2.70 bits per heavy atom. The molecule has 0 spiro atoms. The van der Waals surface area contributed by atoms with Gasteiger partial charge in [-0.15, -0.1) is 11.3 Å². The Labute approximate surface area is 161 Å². The second-order valence-corrected chi connectivity index (χ2v) is 6.93. The molecule has 1 aromatic heterocycles. The molecule has 3 rings (SSSR count). The normalized spacial score (nSPS) is 10.9. The molecular formula is C21H19FN2O2S. The van der Waals surface area contributed by atoms with Crippen LogP contribution in [0, 0.1) is 12.7 Å². The van der Waals surface area contributed by atoms with Crippen molar-refractivity contribution in [2.75, 3.05) is 11.9 Å². The Hall–Kier alpha value is -2.99. The zero-order valence-corrected chi connectivity index (χ0v) is 15.8. The highest BCUT2D eigenvalue weighted by molar-refractivity contribution is 7.16. The number of halogens is 1. The Morgan fingerprint density at radius 1 is 1.22 bits per heavy atom. The highest BCUT2D eigenvalue weighted by atomic mass is 32.1. The van der Waals surface area contributed by atoms with E-state index >= 15 is 0 Å². The summed E-state index contributed by atoms with van der Waals surface area (Å²) in [5.74, 6) is 0.158. The summed E-state index contributed by atoms with van der Waals surface area (Å²) in [6, 6.07) is 13.7. The average Bonchev–Trinajstić information content (AvgIpc) is 3.02. The highest BCUT2D eigenvalue weighted by Gasteiger charge is 2.11. The van der Waals surface area contributed by atoms with Gasteiger partial charge in [0.05, 0.1) is 12.3 Å². The van der Waals surface area contributed by atoms with Crippen LogP contribution in [-0.4, -0.2) is 17.5 Å². The second kappa shape index (κ2) is 8.60. The lowest BCUT2D eigenvalue weighted by molar-refractivity contribution is -0.111. The van der Waals surface area contributed by atoms with Crippen molar-refractivity contribution in [2.24, 2.45) is 0 Å². The van der Waals surface area contributed by atoms with E-state index in [4.69, 9.17) is 4.74 Å². The second-order valence-electron chi connectivity index (χ2n) is 5.72. The van der Waals surface area contributed by atoms with Crippen molar-refractivity contribution in [3.05, 3.63) is 70.9 Å². The van der Waals surface area contributed by atoms with Gasteiger partial charge in [0, 0.05) is 22.1 Å². The van der Waals surface area contributed by atoms with Crippen LogP contribution in [0.5, 0.6) is 5.75 Å². The van der Waals surface area contributed by atoms with Crippen LogP contribution in [0.25, 0.3) is 17.3 Å². The Morgan fingerprint density at radius 2 is 1.96 bits per heavy atom. The summed E-state index contributed by atoms with van der Waals surface area (Å²) in [7, 11) is 0. The molecule has 27 heavy (non-hydrogen) atoms. The Bertz CT molecular complexity index is 965. The van der Waals surface area contributed by atoms with Crippen LogP contribution in [0.2, 0.25) is 0 Å². The molecule has 0 bridgehead atoms. The van der Waals surface area contributed by atoms with Gasteiger partial charge in [-0.25, -0.2) is 9.37 Å². The minimum Gasteiger partial charge on any atom is -0.493 e. The number of rotatable bonds is 6. The van der Waals surface area contributed by atoms with Crippen molar-refractivity contribution in [3.63, 3.8) is 0 Å². The van der Waals surface area contributed by atoms with Gasteiger partial charge in [-0.1, -0.05) is 18.2 Å². The van der Waals surface area contributed by atoms with Crippen molar-refractivity contribution in [2.45, 2.75) is 13.8 Å². The molecular weight excluding hydrogens is 363 g/mol. The maximum absolute atomic E-state index is 13.1. The van der Waals surface area contributed by atoms with Crippen LogP contribution in [-0.2, 0) is 4.79 Å². The van der Waals surface area contributed by atoms with Gasteiger partial charge < -0.3 is 4.74 Å². The number of hydrogen-bond acceptors (Lipinski definition) is 4. The van der Waals surface area contributed by atoms with Gasteiger partial charge in [0.15, 0.2) is 5.13 Å². The average molecular weight is 382 g/mol. The van der Waals surface area contributed by atoms with Gasteiger partial charge in [-0.2, -0.15) is 0 Å². The van der Waals surface area contributed by atoms with E-state index in [1.165, 1.54) is 29.5 Å². The SMILES string of the molecule is CCOc1ccccc1/C=C/C(=O)Nc1nc(-c2ccc(F)cc2)c(C)s1. The summed E-state index contributed by atoms with van der Waals surface area (Å²) in [6.45, 7) is 4.39. The number of aryl methyl sites for hydroxylation is 1. The van der Waals surface area contributed by atoms with Gasteiger partial charge in [0.2, 0.25) is 5.91 Å². The third kappa shape index (κ3) is 4.80. The van der Waals surface area contributed by atoms with E-state index < -0.39 is 0 Å². The predicted octanol–water partition coefficient (Wildman–Crippen LogP) is 5.31. The van der Waals surface area contributed by atoms with Gasteiger partial charge in [0.1, 0.15) is 11.6 Å². The van der Waals surface area contributed by atoms with Crippen LogP contribution >= 0.6 is 11.3 Å². The fourth-order valence-corrected chi connectivity index (χ4v) is 3.38. The van der Waals surface area contributed by atoms with Crippen molar-refractivity contribution >= 4 is 28.5 Å². The molecule has 2 aromatic carbocycles. The number of carbonyl (C=O) groups excluding carboxylic acids is 1. The van der Waals surface area contributed by atoms with E-state index in [-0.39, 0.29) is 11.7 Å². The van der Waals surface area contributed by atoms with E-state index in [0.717, 1.165) is 27.4 Å². The highest BCUT2D eigenvalue weighted by Crippen LogP contribution is 2.30. The van der Waals surface area contributed by atoms with Gasteiger partial charge in [0.25, 0.3) is 0 Å². The summed E-state index contributed by atoms with van der Waals surface area (Å²) in [4.78, 5) is 17.6. The lowest BCUT2D eigenvalue weighted by atomic mass is 10.1. The molecule has 4 nitrogen and oxygen atoms in total. The molecule has 1 N–H and O–H groups in total. The van der Waals surface area contributed by atoms with Crippen LogP contribution in [0.15, 0.2) is 54.6 Å². The number of para-hydroxylation sites is 1. The molecule has 0 fully saturated rings. The van der Waals surface area contributed by atoms with Crippen LogP contribution in [0.3, 0.4) is 0 Å². The van der Waals surface area contributed by atoms with Gasteiger partial charge in [-0.05, 0) is 50.3 Å². The number of nitrogens with zero attached hydrogens (tertiary/aromatic N) is 1. The minimum atomic E-state index is -0.294. The molecule has 3 aromatic rings. The molecule has 0 saturated carbocycles.